The average molecular weight is 234 g/mol. The normalized spacial score (nSPS) is 24.4. The van der Waals surface area contributed by atoms with E-state index in [4.69, 9.17) is 0 Å². The lowest BCUT2D eigenvalue weighted by molar-refractivity contribution is 0.210. The molecule has 4 nitrogen and oxygen atoms in total. The van der Waals surface area contributed by atoms with Crippen LogP contribution in [0.5, 0.6) is 0 Å². The Morgan fingerprint density at radius 2 is 2.35 bits per heavy atom. The van der Waals surface area contributed by atoms with E-state index in [1.165, 1.54) is 6.42 Å². The number of aromatic nitrogens is 2. The van der Waals surface area contributed by atoms with E-state index < -0.39 is 0 Å². The van der Waals surface area contributed by atoms with Crippen LogP contribution in [0.25, 0.3) is 0 Å². The van der Waals surface area contributed by atoms with Crippen molar-refractivity contribution in [2.45, 2.75) is 19.8 Å². The summed E-state index contributed by atoms with van der Waals surface area (Å²) >= 11 is 0. The summed E-state index contributed by atoms with van der Waals surface area (Å²) in [5, 5.41) is 3.44. The molecule has 0 amide bonds. The number of hydrogen-bond acceptors (Lipinski definition) is 4. The van der Waals surface area contributed by atoms with Crippen LogP contribution in [0.4, 0.5) is 0 Å². The molecule has 1 aromatic heterocycles. The Morgan fingerprint density at radius 1 is 1.47 bits per heavy atom. The van der Waals surface area contributed by atoms with Crippen LogP contribution in [-0.2, 0) is 6.42 Å². The third-order valence-electron chi connectivity index (χ3n) is 3.48. The fourth-order valence-electron chi connectivity index (χ4n) is 2.50. The van der Waals surface area contributed by atoms with Crippen molar-refractivity contribution in [3.8, 4) is 0 Å². The minimum absolute atomic E-state index is 0.442. The van der Waals surface area contributed by atoms with E-state index >= 15 is 0 Å². The summed E-state index contributed by atoms with van der Waals surface area (Å²) in [6, 6.07) is 0. The van der Waals surface area contributed by atoms with Crippen LogP contribution in [0.1, 0.15) is 19.0 Å². The summed E-state index contributed by atoms with van der Waals surface area (Å²) < 4.78 is 0. The van der Waals surface area contributed by atoms with E-state index in [1.807, 2.05) is 6.20 Å². The zero-order valence-electron chi connectivity index (χ0n) is 10.8. The monoisotopic (exact) mass is 234 g/mol. The molecule has 1 unspecified atom stereocenters. The molecule has 1 N–H and O–H groups in total. The maximum Gasteiger partial charge on any atom is 0.0599 e. The third kappa shape index (κ3) is 3.75. The molecule has 0 aliphatic carbocycles. The highest BCUT2D eigenvalue weighted by molar-refractivity contribution is 4.95. The van der Waals surface area contributed by atoms with Crippen molar-refractivity contribution in [3.05, 3.63) is 24.3 Å². The summed E-state index contributed by atoms with van der Waals surface area (Å²) in [7, 11) is 2.19. The first kappa shape index (κ1) is 12.5. The predicted octanol–water partition coefficient (Wildman–Crippen LogP) is 0.950. The van der Waals surface area contributed by atoms with Crippen LogP contribution < -0.4 is 5.32 Å². The molecule has 0 radical (unpaired) electrons. The van der Waals surface area contributed by atoms with Gasteiger partial charge in [0.15, 0.2) is 0 Å². The summed E-state index contributed by atoms with van der Waals surface area (Å²) in [4.78, 5) is 10.8. The number of hydrogen-bond donors (Lipinski definition) is 1. The van der Waals surface area contributed by atoms with Crippen LogP contribution in [0.15, 0.2) is 18.6 Å². The molecule has 1 atom stereocenters. The van der Waals surface area contributed by atoms with Gasteiger partial charge in [0, 0.05) is 44.6 Å². The van der Waals surface area contributed by atoms with Gasteiger partial charge in [-0.05, 0) is 25.4 Å². The Labute approximate surface area is 103 Å². The maximum atomic E-state index is 4.30. The number of likely N-dealkylation sites (N-methyl/N-ethyl adjacent to an activating group) is 1. The van der Waals surface area contributed by atoms with E-state index in [2.05, 4.69) is 34.2 Å². The molecule has 17 heavy (non-hydrogen) atoms. The molecule has 1 fully saturated rings. The molecule has 1 aromatic rings. The minimum Gasteiger partial charge on any atom is -0.316 e. The fraction of sp³-hybridized carbons (Fsp3) is 0.692. The van der Waals surface area contributed by atoms with Crippen LogP contribution in [0.3, 0.4) is 0 Å². The molecule has 2 rings (SSSR count). The number of rotatable bonds is 5. The second-order valence-electron chi connectivity index (χ2n) is 5.42. The molecular weight excluding hydrogens is 212 g/mol. The van der Waals surface area contributed by atoms with Crippen LogP contribution >= 0.6 is 0 Å². The zero-order valence-corrected chi connectivity index (χ0v) is 10.8. The van der Waals surface area contributed by atoms with E-state index in [0.717, 1.165) is 38.3 Å². The summed E-state index contributed by atoms with van der Waals surface area (Å²) in [5.41, 5.74) is 1.52. The van der Waals surface area contributed by atoms with Crippen molar-refractivity contribution in [3.63, 3.8) is 0 Å². The van der Waals surface area contributed by atoms with Gasteiger partial charge in [0.2, 0.25) is 0 Å². The second-order valence-corrected chi connectivity index (χ2v) is 5.42. The lowest BCUT2D eigenvalue weighted by Crippen LogP contribution is -2.36. The van der Waals surface area contributed by atoms with Gasteiger partial charge in [-0.15, -0.1) is 0 Å². The van der Waals surface area contributed by atoms with E-state index in [9.17, 15) is 0 Å². The summed E-state index contributed by atoms with van der Waals surface area (Å²) in [6.07, 6.45) is 7.60. The summed E-state index contributed by atoms with van der Waals surface area (Å²) in [5.74, 6) is 0. The van der Waals surface area contributed by atoms with E-state index in [1.54, 1.807) is 12.4 Å². The Kier molecular flexibility index (Phi) is 4.07. The number of nitrogens with one attached hydrogen (secondary N) is 1. The standard InChI is InChI=1S/C13H22N4/c1-13(4-5-15-10-13)11-17(2)8-3-12-9-14-6-7-16-12/h6-7,9,15H,3-5,8,10-11H2,1-2H3. The third-order valence-corrected chi connectivity index (χ3v) is 3.48. The first-order chi connectivity index (χ1) is 8.18. The van der Waals surface area contributed by atoms with Crippen molar-refractivity contribution < 1.29 is 0 Å². The Bertz CT molecular complexity index is 333. The van der Waals surface area contributed by atoms with Gasteiger partial charge in [0.05, 0.1) is 5.69 Å². The molecule has 0 aromatic carbocycles. The van der Waals surface area contributed by atoms with Crippen molar-refractivity contribution in [1.82, 2.24) is 20.2 Å². The zero-order chi connectivity index (χ0) is 12.1. The topological polar surface area (TPSA) is 41.1 Å². The van der Waals surface area contributed by atoms with Gasteiger partial charge in [-0.2, -0.15) is 0 Å². The highest BCUT2D eigenvalue weighted by Gasteiger charge is 2.29. The van der Waals surface area contributed by atoms with Gasteiger partial charge in [-0.1, -0.05) is 6.92 Å². The molecular formula is C13H22N4. The largest absolute Gasteiger partial charge is 0.316 e. The van der Waals surface area contributed by atoms with Crippen molar-refractivity contribution in [2.75, 3.05) is 33.2 Å². The predicted molar refractivity (Wildman–Crippen MR) is 68.8 cm³/mol. The van der Waals surface area contributed by atoms with E-state index in [0.29, 0.717) is 5.41 Å². The Hall–Kier alpha value is -1.00. The molecule has 0 bridgehead atoms. The van der Waals surface area contributed by atoms with Crippen LogP contribution in [0, 0.1) is 5.41 Å². The maximum absolute atomic E-state index is 4.30. The van der Waals surface area contributed by atoms with Gasteiger partial charge in [0.25, 0.3) is 0 Å². The first-order valence-corrected chi connectivity index (χ1v) is 6.32. The molecule has 0 spiro atoms. The molecule has 1 saturated heterocycles. The van der Waals surface area contributed by atoms with Gasteiger partial charge in [-0.25, -0.2) is 0 Å². The van der Waals surface area contributed by atoms with Gasteiger partial charge in [0.1, 0.15) is 0 Å². The van der Waals surface area contributed by atoms with Gasteiger partial charge >= 0.3 is 0 Å². The van der Waals surface area contributed by atoms with Crippen molar-refractivity contribution >= 4 is 0 Å². The summed E-state index contributed by atoms with van der Waals surface area (Å²) in [6.45, 7) is 6.87. The van der Waals surface area contributed by atoms with E-state index in [-0.39, 0.29) is 0 Å². The SMILES string of the molecule is CN(CCc1cnccn1)CC1(C)CCNC1. The van der Waals surface area contributed by atoms with Crippen molar-refractivity contribution in [1.29, 1.82) is 0 Å². The van der Waals surface area contributed by atoms with Crippen LogP contribution in [0.2, 0.25) is 0 Å². The first-order valence-electron chi connectivity index (χ1n) is 6.32. The molecule has 4 heteroatoms. The quantitative estimate of drug-likeness (QED) is 0.823. The molecule has 2 heterocycles. The molecule has 94 valence electrons. The molecule has 0 saturated carbocycles. The fourth-order valence-corrected chi connectivity index (χ4v) is 2.50. The molecule has 1 aliphatic heterocycles. The Morgan fingerprint density at radius 3 is 3.00 bits per heavy atom. The highest BCUT2D eigenvalue weighted by atomic mass is 15.1. The van der Waals surface area contributed by atoms with Crippen molar-refractivity contribution in [2.24, 2.45) is 5.41 Å². The lowest BCUT2D eigenvalue weighted by atomic mass is 9.89. The lowest BCUT2D eigenvalue weighted by Gasteiger charge is -2.29. The smallest absolute Gasteiger partial charge is 0.0599 e. The average Bonchev–Trinajstić information content (AvgIpc) is 2.74. The van der Waals surface area contributed by atoms with Crippen LogP contribution in [-0.4, -0.2) is 48.1 Å². The number of nitrogens with zero attached hydrogens (tertiary/aromatic N) is 3. The molecule has 1 aliphatic rings. The minimum atomic E-state index is 0.442. The highest BCUT2D eigenvalue weighted by Crippen LogP contribution is 2.25. The van der Waals surface area contributed by atoms with Gasteiger partial charge < -0.3 is 10.2 Å². The second kappa shape index (κ2) is 5.56. The van der Waals surface area contributed by atoms with Gasteiger partial charge in [-0.3, -0.25) is 9.97 Å². The Balaban J connectivity index is 1.76.